The van der Waals surface area contributed by atoms with Crippen LogP contribution in [0.4, 0.5) is 14.5 Å². The molecule has 0 aliphatic carbocycles. The van der Waals surface area contributed by atoms with Crippen molar-refractivity contribution in [2.45, 2.75) is 19.6 Å². The van der Waals surface area contributed by atoms with Crippen molar-refractivity contribution >= 4 is 5.69 Å². The zero-order valence-electron chi connectivity index (χ0n) is 10.4. The molecule has 2 nitrogen and oxygen atoms in total. The van der Waals surface area contributed by atoms with Gasteiger partial charge in [0.2, 0.25) is 0 Å². The summed E-state index contributed by atoms with van der Waals surface area (Å²) in [5, 5.41) is 0. The van der Waals surface area contributed by atoms with Crippen LogP contribution in [0.2, 0.25) is 0 Å². The summed E-state index contributed by atoms with van der Waals surface area (Å²) in [7, 11) is 0. The van der Waals surface area contributed by atoms with Crippen LogP contribution < -0.4 is 5.73 Å². The quantitative estimate of drug-likeness (QED) is 0.841. The molecule has 0 aromatic heterocycles. The lowest BCUT2D eigenvalue weighted by atomic mass is 10.1. The van der Waals surface area contributed by atoms with Crippen molar-refractivity contribution in [3.05, 3.63) is 64.7 Å². The van der Waals surface area contributed by atoms with Crippen molar-refractivity contribution < 1.29 is 8.78 Å². The fourth-order valence-corrected chi connectivity index (χ4v) is 2.56. The van der Waals surface area contributed by atoms with Gasteiger partial charge < -0.3 is 5.73 Å². The highest BCUT2D eigenvalue weighted by Crippen LogP contribution is 2.26. The number of nitrogens with two attached hydrogens (primary N) is 1. The summed E-state index contributed by atoms with van der Waals surface area (Å²) < 4.78 is 26.3. The summed E-state index contributed by atoms with van der Waals surface area (Å²) in [4.78, 5) is 2.14. The molecule has 4 heteroatoms. The summed E-state index contributed by atoms with van der Waals surface area (Å²) in [6, 6.07) is 9.49. The molecule has 0 saturated carbocycles. The molecule has 2 N–H and O–H groups in total. The molecule has 0 radical (unpaired) electrons. The summed E-state index contributed by atoms with van der Waals surface area (Å²) in [6.07, 6.45) is 0. The third-order valence-electron chi connectivity index (χ3n) is 3.35. The van der Waals surface area contributed by atoms with Crippen molar-refractivity contribution in [2.24, 2.45) is 0 Å². The minimum atomic E-state index is -0.532. The van der Waals surface area contributed by atoms with E-state index in [4.69, 9.17) is 5.73 Å². The average molecular weight is 260 g/mol. The number of fused-ring (bicyclic) bond motifs is 1. The second-order valence-electron chi connectivity index (χ2n) is 4.95. The zero-order chi connectivity index (χ0) is 13.4. The van der Waals surface area contributed by atoms with Crippen LogP contribution in [0.1, 0.15) is 16.7 Å². The Morgan fingerprint density at radius 3 is 2.37 bits per heavy atom. The number of hydrogen-bond donors (Lipinski definition) is 1. The van der Waals surface area contributed by atoms with Gasteiger partial charge in [-0.25, -0.2) is 8.78 Å². The number of nitrogen functional groups attached to an aromatic ring is 1. The molecule has 0 spiro atoms. The van der Waals surface area contributed by atoms with Gasteiger partial charge in [-0.15, -0.1) is 0 Å². The first kappa shape index (κ1) is 12.1. The van der Waals surface area contributed by atoms with Gasteiger partial charge in [0.15, 0.2) is 0 Å². The Bertz CT molecular complexity index is 605. The number of nitrogens with zero attached hydrogens (tertiary/aromatic N) is 1. The standard InChI is InChI=1S/C15H14F2N2/c16-13-3-10(4-14(17)6-13)7-19-8-11-1-2-15(18)5-12(11)9-19/h1-6H,7-9,18H2. The number of halogens is 2. The Labute approximate surface area is 110 Å². The monoisotopic (exact) mass is 260 g/mol. The highest BCUT2D eigenvalue weighted by Gasteiger charge is 2.19. The van der Waals surface area contributed by atoms with Gasteiger partial charge in [-0.05, 0) is 41.0 Å². The average Bonchev–Trinajstić information content (AvgIpc) is 2.68. The van der Waals surface area contributed by atoms with Crippen LogP contribution in [0.15, 0.2) is 36.4 Å². The molecular weight excluding hydrogens is 246 g/mol. The van der Waals surface area contributed by atoms with Crippen LogP contribution >= 0.6 is 0 Å². The highest BCUT2D eigenvalue weighted by molar-refractivity contribution is 5.46. The van der Waals surface area contributed by atoms with Crippen LogP contribution in [-0.4, -0.2) is 4.90 Å². The number of benzene rings is 2. The molecule has 0 amide bonds. The predicted molar refractivity (Wildman–Crippen MR) is 70.2 cm³/mol. The van der Waals surface area contributed by atoms with E-state index in [0.29, 0.717) is 12.1 Å². The van der Waals surface area contributed by atoms with Gasteiger partial charge in [-0.1, -0.05) is 6.07 Å². The van der Waals surface area contributed by atoms with Gasteiger partial charge in [-0.2, -0.15) is 0 Å². The van der Waals surface area contributed by atoms with E-state index >= 15 is 0 Å². The van der Waals surface area contributed by atoms with E-state index in [1.165, 1.54) is 23.3 Å². The Hall–Kier alpha value is -1.94. The van der Waals surface area contributed by atoms with E-state index < -0.39 is 11.6 Å². The minimum absolute atomic E-state index is 0.531. The normalized spacial score (nSPS) is 14.6. The van der Waals surface area contributed by atoms with Crippen LogP contribution in [0.25, 0.3) is 0 Å². The first-order valence-electron chi connectivity index (χ1n) is 6.15. The second kappa shape index (κ2) is 4.63. The molecule has 0 saturated heterocycles. The van der Waals surface area contributed by atoms with E-state index in [1.54, 1.807) is 0 Å². The van der Waals surface area contributed by atoms with Gasteiger partial charge >= 0.3 is 0 Å². The third-order valence-corrected chi connectivity index (χ3v) is 3.35. The van der Waals surface area contributed by atoms with Gasteiger partial charge in [0.1, 0.15) is 11.6 Å². The summed E-state index contributed by atoms with van der Waals surface area (Å²) in [5.74, 6) is -1.06. The predicted octanol–water partition coefficient (Wildman–Crippen LogP) is 3.06. The number of hydrogen-bond acceptors (Lipinski definition) is 2. The van der Waals surface area contributed by atoms with Gasteiger partial charge in [-0.3, -0.25) is 4.90 Å². The lowest BCUT2D eigenvalue weighted by Crippen LogP contribution is -2.15. The van der Waals surface area contributed by atoms with Crippen molar-refractivity contribution in [1.29, 1.82) is 0 Å². The topological polar surface area (TPSA) is 29.3 Å². The number of rotatable bonds is 2. The molecule has 0 fully saturated rings. The second-order valence-corrected chi connectivity index (χ2v) is 4.95. The van der Waals surface area contributed by atoms with Crippen LogP contribution in [0.5, 0.6) is 0 Å². The van der Waals surface area contributed by atoms with Crippen LogP contribution in [-0.2, 0) is 19.6 Å². The Morgan fingerprint density at radius 2 is 1.63 bits per heavy atom. The molecule has 1 aliphatic heterocycles. The zero-order valence-corrected chi connectivity index (χ0v) is 10.4. The maximum Gasteiger partial charge on any atom is 0.126 e. The largest absolute Gasteiger partial charge is 0.399 e. The van der Waals surface area contributed by atoms with E-state index in [1.807, 2.05) is 18.2 Å². The molecule has 1 aliphatic rings. The van der Waals surface area contributed by atoms with Crippen molar-refractivity contribution in [3.63, 3.8) is 0 Å². The van der Waals surface area contributed by atoms with Crippen LogP contribution in [0.3, 0.4) is 0 Å². The molecule has 2 aromatic carbocycles. The van der Waals surface area contributed by atoms with E-state index in [0.717, 1.165) is 24.8 Å². The van der Waals surface area contributed by atoms with Crippen molar-refractivity contribution in [3.8, 4) is 0 Å². The number of anilines is 1. The molecule has 2 aromatic rings. The summed E-state index contributed by atoms with van der Waals surface area (Å²) in [6.45, 7) is 2.08. The summed E-state index contributed by atoms with van der Waals surface area (Å²) >= 11 is 0. The Kier molecular flexibility index (Phi) is 2.95. The lowest BCUT2D eigenvalue weighted by Gasteiger charge is -2.14. The molecule has 3 rings (SSSR count). The van der Waals surface area contributed by atoms with E-state index in [2.05, 4.69) is 4.90 Å². The van der Waals surface area contributed by atoms with Crippen molar-refractivity contribution in [1.82, 2.24) is 4.90 Å². The Morgan fingerprint density at radius 1 is 0.947 bits per heavy atom. The Balaban J connectivity index is 1.76. The SMILES string of the molecule is Nc1ccc2c(c1)CN(Cc1cc(F)cc(F)c1)C2. The maximum atomic E-state index is 13.1. The van der Waals surface area contributed by atoms with E-state index in [9.17, 15) is 8.78 Å². The van der Waals surface area contributed by atoms with Gasteiger partial charge in [0.05, 0.1) is 0 Å². The summed E-state index contributed by atoms with van der Waals surface area (Å²) in [5.41, 5.74) is 9.57. The molecule has 0 atom stereocenters. The van der Waals surface area contributed by atoms with E-state index in [-0.39, 0.29) is 0 Å². The van der Waals surface area contributed by atoms with Crippen molar-refractivity contribution in [2.75, 3.05) is 5.73 Å². The van der Waals surface area contributed by atoms with Gasteiger partial charge in [0.25, 0.3) is 0 Å². The fraction of sp³-hybridized carbons (Fsp3) is 0.200. The smallest absolute Gasteiger partial charge is 0.126 e. The molecule has 98 valence electrons. The molecule has 19 heavy (non-hydrogen) atoms. The molecule has 1 heterocycles. The maximum absolute atomic E-state index is 13.1. The first-order chi connectivity index (χ1) is 9.10. The molecular formula is C15H14F2N2. The van der Waals surface area contributed by atoms with Gasteiger partial charge in [0, 0.05) is 31.4 Å². The fourth-order valence-electron chi connectivity index (χ4n) is 2.56. The van der Waals surface area contributed by atoms with Crippen LogP contribution in [0, 0.1) is 11.6 Å². The lowest BCUT2D eigenvalue weighted by molar-refractivity contribution is 0.274. The first-order valence-corrected chi connectivity index (χ1v) is 6.15. The minimum Gasteiger partial charge on any atom is -0.399 e. The molecule has 0 unspecified atom stereocenters. The third kappa shape index (κ3) is 2.58. The molecule has 0 bridgehead atoms. The highest BCUT2D eigenvalue weighted by atomic mass is 19.1.